The summed E-state index contributed by atoms with van der Waals surface area (Å²) in [4.78, 5) is 4.49. The Hall–Kier alpha value is -0.120. The van der Waals surface area contributed by atoms with E-state index in [0.717, 1.165) is 13.1 Å². The SMILES string of the molecule is CC.NOCC1CCNC1. The lowest BCUT2D eigenvalue weighted by Crippen LogP contribution is -2.15. The highest BCUT2D eigenvalue weighted by molar-refractivity contribution is 4.69. The maximum absolute atomic E-state index is 4.88. The second kappa shape index (κ2) is 6.99. The van der Waals surface area contributed by atoms with E-state index in [1.807, 2.05) is 13.8 Å². The van der Waals surface area contributed by atoms with Crippen molar-refractivity contribution in [2.45, 2.75) is 20.3 Å². The number of nitrogens with two attached hydrogens (primary N) is 1. The molecule has 0 aromatic heterocycles. The lowest BCUT2D eigenvalue weighted by Gasteiger charge is -2.02. The van der Waals surface area contributed by atoms with Gasteiger partial charge in [-0.15, -0.1) is 0 Å². The van der Waals surface area contributed by atoms with E-state index >= 15 is 0 Å². The molecule has 1 rings (SSSR count). The van der Waals surface area contributed by atoms with E-state index in [9.17, 15) is 0 Å². The molecule has 0 amide bonds. The van der Waals surface area contributed by atoms with Crippen LogP contribution < -0.4 is 11.2 Å². The predicted octanol–water partition coefficient (Wildman–Crippen LogP) is 0.512. The molecule has 0 spiro atoms. The Labute approximate surface area is 62.9 Å². The molecular weight excluding hydrogens is 128 g/mol. The topological polar surface area (TPSA) is 47.3 Å². The van der Waals surface area contributed by atoms with Gasteiger partial charge in [-0.3, -0.25) is 0 Å². The number of hydrogen-bond donors (Lipinski definition) is 2. The van der Waals surface area contributed by atoms with Gasteiger partial charge in [0, 0.05) is 6.54 Å². The van der Waals surface area contributed by atoms with Crippen molar-refractivity contribution in [2.24, 2.45) is 11.8 Å². The minimum atomic E-state index is 0.653. The summed E-state index contributed by atoms with van der Waals surface area (Å²) in [5, 5.41) is 3.22. The van der Waals surface area contributed by atoms with E-state index in [1.54, 1.807) is 0 Å². The van der Waals surface area contributed by atoms with Crippen molar-refractivity contribution in [3.63, 3.8) is 0 Å². The van der Waals surface area contributed by atoms with E-state index in [2.05, 4.69) is 10.2 Å². The summed E-state index contributed by atoms with van der Waals surface area (Å²) in [5.41, 5.74) is 0. The molecule has 0 aromatic carbocycles. The zero-order valence-corrected chi connectivity index (χ0v) is 6.89. The van der Waals surface area contributed by atoms with Crippen molar-refractivity contribution in [1.82, 2.24) is 5.32 Å². The van der Waals surface area contributed by atoms with Gasteiger partial charge in [-0.25, -0.2) is 5.90 Å². The van der Waals surface area contributed by atoms with Crippen LogP contribution in [0.1, 0.15) is 20.3 Å². The molecule has 1 saturated heterocycles. The Morgan fingerprint density at radius 1 is 1.60 bits per heavy atom. The minimum Gasteiger partial charge on any atom is -0.316 e. The molecule has 3 nitrogen and oxygen atoms in total. The van der Waals surface area contributed by atoms with Gasteiger partial charge >= 0.3 is 0 Å². The molecule has 1 aliphatic heterocycles. The number of hydrogen-bond acceptors (Lipinski definition) is 3. The fraction of sp³-hybridized carbons (Fsp3) is 1.00. The molecule has 1 heterocycles. The van der Waals surface area contributed by atoms with Crippen molar-refractivity contribution in [2.75, 3.05) is 19.7 Å². The number of nitrogens with one attached hydrogen (secondary N) is 1. The summed E-state index contributed by atoms with van der Waals surface area (Å²) in [6.07, 6.45) is 1.21. The molecule has 1 aliphatic rings. The fourth-order valence-electron chi connectivity index (χ4n) is 0.993. The second-order valence-corrected chi connectivity index (χ2v) is 2.19. The first-order valence-corrected chi connectivity index (χ1v) is 3.96. The van der Waals surface area contributed by atoms with Gasteiger partial charge in [-0.1, -0.05) is 13.8 Å². The molecule has 10 heavy (non-hydrogen) atoms. The van der Waals surface area contributed by atoms with Crippen molar-refractivity contribution < 1.29 is 4.84 Å². The highest BCUT2D eigenvalue weighted by atomic mass is 16.6. The summed E-state index contributed by atoms with van der Waals surface area (Å²) in [5.74, 6) is 5.53. The minimum absolute atomic E-state index is 0.653. The highest BCUT2D eigenvalue weighted by Gasteiger charge is 2.12. The van der Waals surface area contributed by atoms with Gasteiger partial charge in [-0.05, 0) is 18.9 Å². The van der Waals surface area contributed by atoms with Crippen LogP contribution in [0.2, 0.25) is 0 Å². The lowest BCUT2D eigenvalue weighted by atomic mass is 10.1. The first-order chi connectivity index (χ1) is 4.93. The van der Waals surface area contributed by atoms with Crippen molar-refractivity contribution >= 4 is 0 Å². The van der Waals surface area contributed by atoms with Crippen LogP contribution in [0.25, 0.3) is 0 Å². The largest absolute Gasteiger partial charge is 0.316 e. The van der Waals surface area contributed by atoms with Crippen molar-refractivity contribution in [3.8, 4) is 0 Å². The average Bonchev–Trinajstić information content (AvgIpc) is 2.46. The summed E-state index contributed by atoms with van der Waals surface area (Å²) in [6.45, 7) is 6.89. The Morgan fingerprint density at radius 2 is 2.30 bits per heavy atom. The van der Waals surface area contributed by atoms with Crippen LogP contribution in [0.15, 0.2) is 0 Å². The molecule has 0 aliphatic carbocycles. The van der Waals surface area contributed by atoms with Gasteiger partial charge in [0.1, 0.15) is 0 Å². The van der Waals surface area contributed by atoms with E-state index in [0.29, 0.717) is 12.5 Å². The van der Waals surface area contributed by atoms with Crippen LogP contribution >= 0.6 is 0 Å². The Kier molecular flexibility index (Phi) is 6.91. The fourth-order valence-corrected chi connectivity index (χ4v) is 0.993. The number of rotatable bonds is 2. The molecular formula is C7H18N2O. The standard InChI is InChI=1S/C5H12N2O.C2H6/c6-8-4-5-1-2-7-3-5;1-2/h5,7H,1-4,6H2;1-2H3. The zero-order valence-electron chi connectivity index (χ0n) is 6.89. The van der Waals surface area contributed by atoms with Crippen molar-refractivity contribution in [1.29, 1.82) is 0 Å². The molecule has 62 valence electrons. The molecule has 0 saturated carbocycles. The normalized spacial score (nSPS) is 23.7. The molecule has 3 N–H and O–H groups in total. The van der Waals surface area contributed by atoms with E-state index in [4.69, 9.17) is 5.90 Å². The van der Waals surface area contributed by atoms with E-state index in [-0.39, 0.29) is 0 Å². The van der Waals surface area contributed by atoms with Crippen LogP contribution in [0.4, 0.5) is 0 Å². The molecule has 3 heteroatoms. The molecule has 1 unspecified atom stereocenters. The quantitative estimate of drug-likeness (QED) is 0.558. The third-order valence-corrected chi connectivity index (χ3v) is 1.49. The maximum atomic E-state index is 4.88. The van der Waals surface area contributed by atoms with Gasteiger partial charge < -0.3 is 10.2 Å². The molecule has 0 bridgehead atoms. The van der Waals surface area contributed by atoms with Crippen LogP contribution in [-0.2, 0) is 4.84 Å². The van der Waals surface area contributed by atoms with Crippen LogP contribution in [-0.4, -0.2) is 19.7 Å². The smallest absolute Gasteiger partial charge is 0.0720 e. The Balaban J connectivity index is 0.000000371. The third kappa shape index (κ3) is 3.82. The van der Waals surface area contributed by atoms with Crippen LogP contribution in [0.3, 0.4) is 0 Å². The van der Waals surface area contributed by atoms with Gasteiger partial charge in [0.05, 0.1) is 6.61 Å². The maximum Gasteiger partial charge on any atom is 0.0720 e. The summed E-state index contributed by atoms with van der Waals surface area (Å²) >= 11 is 0. The summed E-state index contributed by atoms with van der Waals surface area (Å²) in [7, 11) is 0. The third-order valence-electron chi connectivity index (χ3n) is 1.49. The van der Waals surface area contributed by atoms with Gasteiger partial charge in [0.2, 0.25) is 0 Å². The first kappa shape index (κ1) is 9.88. The van der Waals surface area contributed by atoms with Gasteiger partial charge in [0.25, 0.3) is 0 Å². The van der Waals surface area contributed by atoms with Gasteiger partial charge in [-0.2, -0.15) is 0 Å². The second-order valence-electron chi connectivity index (χ2n) is 2.19. The molecule has 0 radical (unpaired) electrons. The van der Waals surface area contributed by atoms with Crippen LogP contribution in [0, 0.1) is 5.92 Å². The molecule has 0 aromatic rings. The first-order valence-electron chi connectivity index (χ1n) is 3.96. The van der Waals surface area contributed by atoms with E-state index in [1.165, 1.54) is 6.42 Å². The molecule has 1 atom stereocenters. The zero-order chi connectivity index (χ0) is 7.82. The lowest BCUT2D eigenvalue weighted by molar-refractivity contribution is 0.107. The summed E-state index contributed by atoms with van der Waals surface area (Å²) < 4.78 is 0. The Bertz CT molecular complexity index is 62.6. The van der Waals surface area contributed by atoms with Crippen LogP contribution in [0.5, 0.6) is 0 Å². The average molecular weight is 146 g/mol. The predicted molar refractivity (Wildman–Crippen MR) is 42.5 cm³/mol. The van der Waals surface area contributed by atoms with Gasteiger partial charge in [0.15, 0.2) is 0 Å². The highest BCUT2D eigenvalue weighted by Crippen LogP contribution is 2.05. The Morgan fingerprint density at radius 3 is 2.70 bits per heavy atom. The monoisotopic (exact) mass is 146 g/mol. The van der Waals surface area contributed by atoms with E-state index < -0.39 is 0 Å². The van der Waals surface area contributed by atoms with Crippen molar-refractivity contribution in [3.05, 3.63) is 0 Å². The molecule has 1 fully saturated rings. The summed E-state index contributed by atoms with van der Waals surface area (Å²) in [6, 6.07) is 0.